The van der Waals surface area contributed by atoms with Crippen molar-refractivity contribution in [3.63, 3.8) is 0 Å². The summed E-state index contributed by atoms with van der Waals surface area (Å²) in [5, 5.41) is 11.6. The fourth-order valence-corrected chi connectivity index (χ4v) is 3.01. The quantitative estimate of drug-likeness (QED) is 0.725. The van der Waals surface area contributed by atoms with Gasteiger partial charge in [-0.2, -0.15) is 0 Å². The Hall–Kier alpha value is -1.69. The number of nitrogen functional groups attached to an aromatic ring is 1. The monoisotopic (exact) mass is 266 g/mol. The van der Waals surface area contributed by atoms with Gasteiger partial charge in [0.05, 0.1) is 16.5 Å². The van der Waals surface area contributed by atoms with Crippen molar-refractivity contribution in [1.29, 1.82) is 0 Å². The molecule has 0 bridgehead atoms. The number of hydrogen-bond donors (Lipinski definition) is 3. The van der Waals surface area contributed by atoms with Gasteiger partial charge in [-0.3, -0.25) is 4.79 Å². The summed E-state index contributed by atoms with van der Waals surface area (Å²) in [5.74, 6) is -0.254. The molecule has 1 fully saturated rings. The molecule has 0 aliphatic carbocycles. The van der Waals surface area contributed by atoms with Gasteiger partial charge in [-0.1, -0.05) is 0 Å². The van der Waals surface area contributed by atoms with Crippen molar-refractivity contribution in [2.24, 2.45) is 0 Å². The van der Waals surface area contributed by atoms with E-state index in [9.17, 15) is 9.59 Å². The van der Waals surface area contributed by atoms with Gasteiger partial charge >= 0.3 is 5.97 Å². The van der Waals surface area contributed by atoms with E-state index in [0.717, 1.165) is 18.6 Å². The van der Waals surface area contributed by atoms with Gasteiger partial charge in [-0.05, 0) is 36.8 Å². The Morgan fingerprint density at radius 3 is 2.83 bits per heavy atom. The van der Waals surface area contributed by atoms with E-state index in [1.807, 2.05) is 0 Å². The molecule has 2 rings (SSSR count). The summed E-state index contributed by atoms with van der Waals surface area (Å²) in [6, 6.07) is 4.37. The topological polar surface area (TPSA) is 92.4 Å². The van der Waals surface area contributed by atoms with Crippen LogP contribution in [0.4, 0.5) is 11.4 Å². The third kappa shape index (κ3) is 2.76. The van der Waals surface area contributed by atoms with Crippen LogP contribution in [-0.4, -0.2) is 28.0 Å². The smallest absolute Gasteiger partial charge is 0.337 e. The maximum absolute atomic E-state index is 11.9. The molecule has 0 aromatic heterocycles. The number of thioether (sulfide) groups is 1. The summed E-state index contributed by atoms with van der Waals surface area (Å²) in [5.41, 5.74) is 6.35. The van der Waals surface area contributed by atoms with Crippen LogP contribution in [-0.2, 0) is 4.79 Å². The van der Waals surface area contributed by atoms with Crippen LogP contribution < -0.4 is 11.1 Å². The van der Waals surface area contributed by atoms with E-state index in [1.54, 1.807) is 11.8 Å². The van der Waals surface area contributed by atoms with Crippen molar-refractivity contribution in [1.82, 2.24) is 0 Å². The standard InChI is InChI=1S/C12H14N2O3S/c13-7-3-4-8(12(16)17)9(6-7)14-11(15)10-2-1-5-18-10/h3-4,6,10H,1-2,5,13H2,(H,14,15)(H,16,17). The van der Waals surface area contributed by atoms with Gasteiger partial charge in [0.1, 0.15) is 0 Å². The van der Waals surface area contributed by atoms with E-state index in [-0.39, 0.29) is 22.4 Å². The zero-order valence-corrected chi connectivity index (χ0v) is 10.5. The number of amides is 1. The third-order valence-corrected chi connectivity index (χ3v) is 4.13. The molecule has 1 amide bonds. The number of nitrogens with one attached hydrogen (secondary N) is 1. The minimum absolute atomic E-state index is 0.0561. The van der Waals surface area contributed by atoms with E-state index in [0.29, 0.717) is 5.69 Å². The molecule has 6 heteroatoms. The second kappa shape index (κ2) is 5.30. The number of carboxylic acids is 1. The van der Waals surface area contributed by atoms with Gasteiger partial charge in [0.15, 0.2) is 0 Å². The van der Waals surface area contributed by atoms with E-state index in [2.05, 4.69) is 5.32 Å². The van der Waals surface area contributed by atoms with Crippen LogP contribution in [0.25, 0.3) is 0 Å². The molecule has 1 heterocycles. The minimum Gasteiger partial charge on any atom is -0.478 e. The van der Waals surface area contributed by atoms with Crippen molar-refractivity contribution in [2.75, 3.05) is 16.8 Å². The van der Waals surface area contributed by atoms with Crippen LogP contribution in [0.2, 0.25) is 0 Å². The van der Waals surface area contributed by atoms with Gasteiger partial charge in [0, 0.05) is 5.69 Å². The largest absolute Gasteiger partial charge is 0.478 e. The number of benzene rings is 1. The van der Waals surface area contributed by atoms with Crippen LogP contribution in [0.3, 0.4) is 0 Å². The van der Waals surface area contributed by atoms with Crippen molar-refractivity contribution >= 4 is 35.0 Å². The Morgan fingerprint density at radius 2 is 2.22 bits per heavy atom. The predicted octanol–water partition coefficient (Wildman–Crippen LogP) is 1.80. The summed E-state index contributed by atoms with van der Waals surface area (Å²) < 4.78 is 0. The highest BCUT2D eigenvalue weighted by Gasteiger charge is 2.24. The minimum atomic E-state index is -1.08. The second-order valence-corrected chi connectivity index (χ2v) is 5.41. The Labute approximate surface area is 109 Å². The van der Waals surface area contributed by atoms with Crippen LogP contribution in [0.1, 0.15) is 23.2 Å². The number of carbonyl (C=O) groups excluding carboxylic acids is 1. The Balaban J connectivity index is 2.19. The lowest BCUT2D eigenvalue weighted by Crippen LogP contribution is -2.24. The molecule has 96 valence electrons. The van der Waals surface area contributed by atoms with E-state index in [1.165, 1.54) is 18.2 Å². The highest BCUT2D eigenvalue weighted by Crippen LogP contribution is 2.28. The molecule has 0 saturated carbocycles. The number of carbonyl (C=O) groups is 2. The molecular weight excluding hydrogens is 252 g/mol. The molecule has 1 unspecified atom stereocenters. The Kier molecular flexibility index (Phi) is 3.76. The number of carboxylic acid groups (broad SMARTS) is 1. The SMILES string of the molecule is Nc1ccc(C(=O)O)c(NC(=O)C2CCCS2)c1. The number of aromatic carboxylic acids is 1. The Morgan fingerprint density at radius 1 is 1.44 bits per heavy atom. The summed E-state index contributed by atoms with van der Waals surface area (Å²) in [7, 11) is 0. The van der Waals surface area contributed by atoms with E-state index < -0.39 is 5.97 Å². The molecule has 1 aliphatic rings. The number of nitrogens with two attached hydrogens (primary N) is 1. The van der Waals surface area contributed by atoms with Crippen LogP contribution in [0.5, 0.6) is 0 Å². The molecule has 1 aliphatic heterocycles. The lowest BCUT2D eigenvalue weighted by Gasteiger charge is -2.12. The van der Waals surface area contributed by atoms with Gasteiger partial charge in [-0.15, -0.1) is 11.8 Å². The summed E-state index contributed by atoms with van der Waals surface area (Å²) in [4.78, 5) is 23.0. The molecule has 4 N–H and O–H groups in total. The average molecular weight is 266 g/mol. The molecule has 1 aromatic carbocycles. The molecule has 18 heavy (non-hydrogen) atoms. The van der Waals surface area contributed by atoms with E-state index >= 15 is 0 Å². The number of rotatable bonds is 3. The zero-order chi connectivity index (χ0) is 13.1. The van der Waals surface area contributed by atoms with Crippen molar-refractivity contribution < 1.29 is 14.7 Å². The molecule has 1 aromatic rings. The Bertz CT molecular complexity index is 484. The fraction of sp³-hybridized carbons (Fsp3) is 0.333. The lowest BCUT2D eigenvalue weighted by atomic mass is 10.1. The number of hydrogen-bond acceptors (Lipinski definition) is 4. The second-order valence-electron chi connectivity index (χ2n) is 4.10. The molecule has 0 radical (unpaired) electrons. The molecule has 0 spiro atoms. The predicted molar refractivity (Wildman–Crippen MR) is 71.9 cm³/mol. The summed E-state index contributed by atoms with van der Waals surface area (Å²) in [6.45, 7) is 0. The van der Waals surface area contributed by atoms with Crippen LogP contribution >= 0.6 is 11.8 Å². The van der Waals surface area contributed by atoms with Crippen LogP contribution in [0.15, 0.2) is 18.2 Å². The van der Waals surface area contributed by atoms with Gasteiger partial charge in [0.25, 0.3) is 0 Å². The fourth-order valence-electron chi connectivity index (χ4n) is 1.85. The van der Waals surface area contributed by atoms with Crippen molar-refractivity contribution in [2.45, 2.75) is 18.1 Å². The highest BCUT2D eigenvalue weighted by molar-refractivity contribution is 8.00. The molecule has 1 atom stereocenters. The van der Waals surface area contributed by atoms with E-state index in [4.69, 9.17) is 10.8 Å². The first-order valence-corrected chi connectivity index (χ1v) is 6.68. The van der Waals surface area contributed by atoms with Gasteiger partial charge in [-0.25, -0.2) is 4.79 Å². The first-order valence-electron chi connectivity index (χ1n) is 5.63. The maximum atomic E-state index is 11.9. The van der Waals surface area contributed by atoms with Crippen LogP contribution in [0, 0.1) is 0 Å². The zero-order valence-electron chi connectivity index (χ0n) is 9.68. The van der Waals surface area contributed by atoms with Crippen molar-refractivity contribution in [3.05, 3.63) is 23.8 Å². The van der Waals surface area contributed by atoms with Gasteiger partial charge in [0.2, 0.25) is 5.91 Å². The summed E-state index contributed by atoms with van der Waals surface area (Å²) >= 11 is 1.60. The molecular formula is C12H14N2O3S. The average Bonchev–Trinajstić information content (AvgIpc) is 2.81. The first-order chi connectivity index (χ1) is 8.58. The molecule has 5 nitrogen and oxygen atoms in total. The van der Waals surface area contributed by atoms with Gasteiger partial charge < -0.3 is 16.2 Å². The molecule has 1 saturated heterocycles. The lowest BCUT2D eigenvalue weighted by molar-refractivity contribution is -0.115. The summed E-state index contributed by atoms with van der Waals surface area (Å²) in [6.07, 6.45) is 1.85. The first kappa shape index (κ1) is 12.8. The highest BCUT2D eigenvalue weighted by atomic mass is 32.2. The third-order valence-electron chi connectivity index (χ3n) is 2.75. The number of anilines is 2. The van der Waals surface area contributed by atoms with Crippen molar-refractivity contribution in [3.8, 4) is 0 Å². The normalized spacial score (nSPS) is 18.6. The maximum Gasteiger partial charge on any atom is 0.337 e.